The summed E-state index contributed by atoms with van der Waals surface area (Å²) in [6.07, 6.45) is 5.80. The highest BCUT2D eigenvalue weighted by atomic mass is 32.2. The molecule has 0 saturated carbocycles. The van der Waals surface area contributed by atoms with Gasteiger partial charge < -0.3 is 9.67 Å². The van der Waals surface area contributed by atoms with E-state index in [2.05, 4.69) is 11.1 Å². The highest BCUT2D eigenvalue weighted by Gasteiger charge is 2.04. The minimum absolute atomic E-state index is 0.0493. The number of aliphatic hydroxyl groups excluding tert-OH is 1. The minimum Gasteiger partial charge on any atom is -0.390 e. The molecule has 0 aliphatic carbocycles. The van der Waals surface area contributed by atoms with Crippen LogP contribution < -0.4 is 0 Å². The Kier molecular flexibility index (Phi) is 4.05. The van der Waals surface area contributed by atoms with Crippen molar-refractivity contribution in [1.29, 1.82) is 0 Å². The Bertz CT molecular complexity index is 294. The van der Waals surface area contributed by atoms with Crippen LogP contribution in [0.15, 0.2) is 23.5 Å². The second kappa shape index (κ2) is 5.09. The van der Waals surface area contributed by atoms with Crippen LogP contribution in [0, 0.1) is 0 Å². The summed E-state index contributed by atoms with van der Waals surface area (Å²) in [4.78, 5) is 4.19. The summed E-state index contributed by atoms with van der Waals surface area (Å²) in [7, 11) is 1.91. The number of hydrogen-bond acceptors (Lipinski definition) is 3. The van der Waals surface area contributed by atoms with Gasteiger partial charge in [0.1, 0.15) is 0 Å². The Morgan fingerprint density at radius 3 is 3.00 bits per heavy atom. The maximum absolute atomic E-state index is 8.92. The zero-order valence-electron chi connectivity index (χ0n) is 7.90. The first-order valence-corrected chi connectivity index (χ1v) is 5.13. The van der Waals surface area contributed by atoms with E-state index in [1.54, 1.807) is 18.0 Å². The predicted molar refractivity (Wildman–Crippen MR) is 54.7 cm³/mol. The van der Waals surface area contributed by atoms with E-state index >= 15 is 0 Å². The molecule has 0 aliphatic rings. The Morgan fingerprint density at radius 1 is 1.69 bits per heavy atom. The van der Waals surface area contributed by atoms with Crippen LogP contribution in [0.25, 0.3) is 0 Å². The molecular weight excluding hydrogens is 184 g/mol. The lowest BCUT2D eigenvalue weighted by atomic mass is 10.5. The molecule has 1 aromatic rings. The fourth-order valence-electron chi connectivity index (χ4n) is 0.926. The smallest absolute Gasteiger partial charge is 0.168 e. The maximum Gasteiger partial charge on any atom is 0.168 e. The third kappa shape index (κ3) is 2.60. The van der Waals surface area contributed by atoms with E-state index in [9.17, 15) is 0 Å². The standard InChI is InChI=1S/C9H14N2OS/c1-3-4-5-13-9-10-6-8(7-12)11(9)2/h3-4,6,12H,5,7H2,1-2H3. The second-order valence-electron chi connectivity index (χ2n) is 2.63. The number of hydrogen-bond donors (Lipinski definition) is 1. The third-order valence-corrected chi connectivity index (χ3v) is 2.74. The minimum atomic E-state index is 0.0493. The quantitative estimate of drug-likeness (QED) is 0.589. The molecule has 1 heterocycles. The lowest BCUT2D eigenvalue weighted by Crippen LogP contribution is -1.97. The molecular formula is C9H14N2OS. The second-order valence-corrected chi connectivity index (χ2v) is 3.62. The summed E-state index contributed by atoms with van der Waals surface area (Å²) < 4.78 is 1.91. The molecule has 1 aromatic heterocycles. The molecule has 0 amide bonds. The predicted octanol–water partition coefficient (Wildman–Crippen LogP) is 1.58. The largest absolute Gasteiger partial charge is 0.390 e. The van der Waals surface area contributed by atoms with Gasteiger partial charge in [-0.25, -0.2) is 4.98 Å². The SMILES string of the molecule is CC=CCSc1ncc(CO)n1C. The fourth-order valence-corrected chi connectivity index (χ4v) is 1.80. The Morgan fingerprint density at radius 2 is 2.46 bits per heavy atom. The Hall–Kier alpha value is -0.740. The van der Waals surface area contributed by atoms with Crippen molar-refractivity contribution in [2.24, 2.45) is 7.05 Å². The first-order chi connectivity index (χ1) is 6.29. The molecule has 3 nitrogen and oxygen atoms in total. The Labute approximate surface area is 82.5 Å². The van der Waals surface area contributed by atoms with Crippen molar-refractivity contribution in [3.63, 3.8) is 0 Å². The van der Waals surface area contributed by atoms with Crippen LogP contribution in [0.2, 0.25) is 0 Å². The zero-order valence-corrected chi connectivity index (χ0v) is 8.71. The number of nitrogens with zero attached hydrogens (tertiary/aromatic N) is 2. The van der Waals surface area contributed by atoms with Crippen LogP contribution in [0.3, 0.4) is 0 Å². The van der Waals surface area contributed by atoms with Gasteiger partial charge in [-0.2, -0.15) is 0 Å². The van der Waals surface area contributed by atoms with Crippen molar-refractivity contribution < 1.29 is 5.11 Å². The number of rotatable bonds is 4. The fraction of sp³-hybridized carbons (Fsp3) is 0.444. The lowest BCUT2D eigenvalue weighted by Gasteiger charge is -2.01. The van der Waals surface area contributed by atoms with Gasteiger partial charge in [-0.3, -0.25) is 0 Å². The van der Waals surface area contributed by atoms with E-state index < -0.39 is 0 Å². The zero-order chi connectivity index (χ0) is 9.68. The summed E-state index contributed by atoms with van der Waals surface area (Å²) in [6, 6.07) is 0. The van der Waals surface area contributed by atoms with E-state index in [4.69, 9.17) is 5.11 Å². The molecule has 0 saturated heterocycles. The van der Waals surface area contributed by atoms with Crippen LogP contribution in [-0.4, -0.2) is 20.4 Å². The molecule has 0 aromatic carbocycles. The molecule has 0 bridgehead atoms. The van der Waals surface area contributed by atoms with Crippen LogP contribution in [-0.2, 0) is 13.7 Å². The van der Waals surface area contributed by atoms with Gasteiger partial charge >= 0.3 is 0 Å². The van der Waals surface area contributed by atoms with E-state index in [0.717, 1.165) is 16.6 Å². The summed E-state index contributed by atoms with van der Waals surface area (Å²) in [6.45, 7) is 2.05. The van der Waals surface area contributed by atoms with Crippen LogP contribution in [0.4, 0.5) is 0 Å². The maximum atomic E-state index is 8.92. The normalized spacial score (nSPS) is 11.3. The summed E-state index contributed by atoms with van der Waals surface area (Å²) in [5.41, 5.74) is 0.850. The molecule has 0 fully saturated rings. The van der Waals surface area contributed by atoms with Gasteiger partial charge in [0.15, 0.2) is 5.16 Å². The third-order valence-electron chi connectivity index (χ3n) is 1.75. The van der Waals surface area contributed by atoms with E-state index in [0.29, 0.717) is 0 Å². The van der Waals surface area contributed by atoms with Gasteiger partial charge in [0.25, 0.3) is 0 Å². The molecule has 0 unspecified atom stereocenters. The first kappa shape index (κ1) is 10.3. The summed E-state index contributed by atoms with van der Waals surface area (Å²) in [5, 5.41) is 9.87. The van der Waals surface area contributed by atoms with Crippen molar-refractivity contribution >= 4 is 11.8 Å². The van der Waals surface area contributed by atoms with Gasteiger partial charge in [-0.15, -0.1) is 0 Å². The molecule has 13 heavy (non-hydrogen) atoms. The number of allylic oxidation sites excluding steroid dienone is 1. The molecule has 72 valence electrons. The van der Waals surface area contributed by atoms with Gasteiger partial charge in [-0.1, -0.05) is 23.9 Å². The number of imidazole rings is 1. The lowest BCUT2D eigenvalue weighted by molar-refractivity contribution is 0.271. The van der Waals surface area contributed by atoms with Crippen molar-refractivity contribution in [2.45, 2.75) is 18.7 Å². The molecule has 1 rings (SSSR count). The van der Waals surface area contributed by atoms with Crippen molar-refractivity contribution in [3.8, 4) is 0 Å². The van der Waals surface area contributed by atoms with Crippen molar-refractivity contribution in [3.05, 3.63) is 24.0 Å². The highest BCUT2D eigenvalue weighted by Crippen LogP contribution is 2.16. The monoisotopic (exact) mass is 198 g/mol. The average molecular weight is 198 g/mol. The first-order valence-electron chi connectivity index (χ1n) is 4.15. The summed E-state index contributed by atoms with van der Waals surface area (Å²) in [5.74, 6) is 0.923. The van der Waals surface area contributed by atoms with E-state index in [1.807, 2.05) is 24.6 Å². The molecule has 0 radical (unpaired) electrons. The van der Waals surface area contributed by atoms with Crippen molar-refractivity contribution in [1.82, 2.24) is 9.55 Å². The average Bonchev–Trinajstić information content (AvgIpc) is 2.48. The van der Waals surface area contributed by atoms with Crippen LogP contribution in [0.5, 0.6) is 0 Å². The van der Waals surface area contributed by atoms with Crippen molar-refractivity contribution in [2.75, 3.05) is 5.75 Å². The number of thioether (sulfide) groups is 1. The van der Waals surface area contributed by atoms with Gasteiger partial charge in [0.2, 0.25) is 0 Å². The van der Waals surface area contributed by atoms with Crippen LogP contribution >= 0.6 is 11.8 Å². The molecule has 1 N–H and O–H groups in total. The highest BCUT2D eigenvalue weighted by molar-refractivity contribution is 7.99. The Balaban J connectivity index is 2.61. The molecule has 4 heteroatoms. The molecule has 0 aliphatic heterocycles. The number of aliphatic hydroxyl groups is 1. The van der Waals surface area contributed by atoms with E-state index in [-0.39, 0.29) is 6.61 Å². The van der Waals surface area contributed by atoms with Gasteiger partial charge in [0, 0.05) is 12.8 Å². The number of aromatic nitrogens is 2. The summed E-state index contributed by atoms with van der Waals surface area (Å²) >= 11 is 1.66. The molecule has 0 atom stereocenters. The van der Waals surface area contributed by atoms with Crippen LogP contribution in [0.1, 0.15) is 12.6 Å². The van der Waals surface area contributed by atoms with E-state index in [1.165, 1.54) is 0 Å². The van der Waals surface area contributed by atoms with Gasteiger partial charge in [0.05, 0.1) is 18.5 Å². The van der Waals surface area contributed by atoms with Gasteiger partial charge in [-0.05, 0) is 6.92 Å². The molecule has 0 spiro atoms. The topological polar surface area (TPSA) is 38.1 Å².